The maximum atomic E-state index is 14.0. The SMILES string of the molecule is CS(=O)(=O)N1CCc2c(c(-c3ccc(C(F)(F)F)c(CNS(=O)(=O)c4ccccc4)c3)nn2CCCN2CCCC2)C1. The number of sulfonamides is 2. The van der Waals surface area contributed by atoms with Gasteiger partial charge in [0, 0.05) is 49.4 Å². The van der Waals surface area contributed by atoms with Crippen molar-refractivity contribution >= 4 is 20.0 Å². The number of alkyl halides is 3. The number of halogens is 3. The number of nitrogens with zero attached hydrogens (tertiary/aromatic N) is 4. The quantitative estimate of drug-likeness (QED) is 0.367. The molecule has 0 radical (unpaired) electrons. The van der Waals surface area contributed by atoms with Gasteiger partial charge < -0.3 is 4.90 Å². The molecule has 9 nitrogen and oxygen atoms in total. The second kappa shape index (κ2) is 12.1. The van der Waals surface area contributed by atoms with E-state index in [0.29, 0.717) is 36.3 Å². The van der Waals surface area contributed by atoms with Gasteiger partial charge in [0.25, 0.3) is 0 Å². The average Bonchev–Trinajstić information content (AvgIpc) is 3.59. The second-order valence-corrected chi connectivity index (χ2v) is 14.5. The summed E-state index contributed by atoms with van der Waals surface area (Å²) in [5, 5.41) is 4.79. The molecule has 1 saturated heterocycles. The number of likely N-dealkylation sites (tertiary alicyclic amines) is 1. The summed E-state index contributed by atoms with van der Waals surface area (Å²) in [6.45, 7) is 3.40. The Kier molecular flexibility index (Phi) is 8.82. The van der Waals surface area contributed by atoms with E-state index in [1.165, 1.54) is 53.5 Å². The molecular formula is C28H34F3N5O4S2. The summed E-state index contributed by atoms with van der Waals surface area (Å²) in [4.78, 5) is 2.33. The van der Waals surface area contributed by atoms with Crippen LogP contribution in [0.2, 0.25) is 0 Å². The van der Waals surface area contributed by atoms with Crippen molar-refractivity contribution in [1.29, 1.82) is 0 Å². The highest BCUT2D eigenvalue weighted by molar-refractivity contribution is 7.89. The summed E-state index contributed by atoms with van der Waals surface area (Å²) < 4.78 is 97.7. The third kappa shape index (κ3) is 6.88. The van der Waals surface area contributed by atoms with Crippen molar-refractivity contribution in [2.45, 2.75) is 56.4 Å². The van der Waals surface area contributed by atoms with Crippen molar-refractivity contribution in [3.05, 3.63) is 70.9 Å². The molecule has 5 rings (SSSR count). The number of fused-ring (bicyclic) bond motifs is 1. The first-order valence-corrected chi connectivity index (χ1v) is 17.2. The van der Waals surface area contributed by atoms with Crippen LogP contribution in [0.4, 0.5) is 13.2 Å². The number of hydrogen-bond acceptors (Lipinski definition) is 6. The van der Waals surface area contributed by atoms with Gasteiger partial charge in [0.15, 0.2) is 0 Å². The molecule has 2 aliphatic rings. The lowest BCUT2D eigenvalue weighted by molar-refractivity contribution is -0.138. The highest BCUT2D eigenvalue weighted by Crippen LogP contribution is 2.37. The summed E-state index contributed by atoms with van der Waals surface area (Å²) in [6.07, 6.45) is 0.0495. The van der Waals surface area contributed by atoms with E-state index in [2.05, 4.69) is 9.62 Å². The predicted molar refractivity (Wildman–Crippen MR) is 152 cm³/mol. The van der Waals surface area contributed by atoms with Gasteiger partial charge in [0.05, 0.1) is 22.4 Å². The summed E-state index contributed by atoms with van der Waals surface area (Å²) in [6, 6.07) is 11.0. The van der Waals surface area contributed by atoms with Crippen molar-refractivity contribution in [2.75, 3.05) is 32.4 Å². The minimum atomic E-state index is -4.71. The summed E-state index contributed by atoms with van der Waals surface area (Å²) in [7, 11) is -7.57. The van der Waals surface area contributed by atoms with E-state index in [4.69, 9.17) is 5.10 Å². The van der Waals surface area contributed by atoms with Crippen LogP contribution < -0.4 is 4.72 Å². The van der Waals surface area contributed by atoms with Crippen molar-refractivity contribution in [3.63, 3.8) is 0 Å². The van der Waals surface area contributed by atoms with Crippen LogP contribution in [-0.2, 0) is 52.3 Å². The first-order valence-electron chi connectivity index (χ1n) is 13.8. The van der Waals surface area contributed by atoms with Crippen molar-refractivity contribution in [1.82, 2.24) is 23.7 Å². The zero-order valence-electron chi connectivity index (χ0n) is 23.3. The van der Waals surface area contributed by atoms with Gasteiger partial charge in [-0.1, -0.05) is 24.3 Å². The van der Waals surface area contributed by atoms with Gasteiger partial charge in [-0.2, -0.15) is 22.6 Å². The molecule has 1 N–H and O–H groups in total. The fourth-order valence-corrected chi connectivity index (χ4v) is 7.45. The van der Waals surface area contributed by atoms with E-state index >= 15 is 0 Å². The van der Waals surface area contributed by atoms with Crippen LogP contribution in [0.5, 0.6) is 0 Å². The van der Waals surface area contributed by atoms with Crippen molar-refractivity contribution < 1.29 is 30.0 Å². The Hall–Kier alpha value is -2.78. The van der Waals surface area contributed by atoms with E-state index in [0.717, 1.165) is 44.1 Å². The Bertz CT molecular complexity index is 1640. The third-order valence-electron chi connectivity index (χ3n) is 7.80. The summed E-state index contributed by atoms with van der Waals surface area (Å²) in [5.41, 5.74) is 1.08. The zero-order valence-corrected chi connectivity index (χ0v) is 24.9. The first kappa shape index (κ1) is 30.7. The zero-order chi connectivity index (χ0) is 30.1. The van der Waals surface area contributed by atoms with Crippen LogP contribution >= 0.6 is 0 Å². The van der Waals surface area contributed by atoms with E-state index in [1.807, 2.05) is 4.68 Å². The maximum Gasteiger partial charge on any atom is 0.416 e. The molecule has 2 aromatic carbocycles. The monoisotopic (exact) mass is 625 g/mol. The Morgan fingerprint density at radius 3 is 2.33 bits per heavy atom. The topological polar surface area (TPSA) is 105 Å². The van der Waals surface area contributed by atoms with Crippen LogP contribution in [-0.4, -0.2) is 68.3 Å². The van der Waals surface area contributed by atoms with Gasteiger partial charge in [0.1, 0.15) is 0 Å². The van der Waals surface area contributed by atoms with Gasteiger partial charge in [0.2, 0.25) is 20.0 Å². The molecule has 3 heterocycles. The molecule has 3 aromatic rings. The standard InChI is InChI=1S/C28H34F3N5O4S2/c1-41(37,38)35-17-12-26-24(20-35)27(33-36(26)16-7-15-34-13-5-6-14-34)21-10-11-25(28(29,30)31)22(18-21)19-32-42(39,40)23-8-3-2-4-9-23/h2-4,8-11,18,32H,5-7,12-17,19-20H2,1H3. The summed E-state index contributed by atoms with van der Waals surface area (Å²) >= 11 is 0. The molecule has 0 amide bonds. The second-order valence-electron chi connectivity index (χ2n) is 10.8. The Balaban J connectivity index is 1.49. The molecule has 0 bridgehead atoms. The van der Waals surface area contributed by atoms with Crippen molar-refractivity contribution in [3.8, 4) is 11.3 Å². The number of nitrogens with one attached hydrogen (secondary N) is 1. The van der Waals surface area contributed by atoms with E-state index < -0.39 is 38.3 Å². The highest BCUT2D eigenvalue weighted by atomic mass is 32.2. The molecule has 228 valence electrons. The van der Waals surface area contributed by atoms with Crippen LogP contribution in [0.1, 0.15) is 41.6 Å². The highest BCUT2D eigenvalue weighted by Gasteiger charge is 2.35. The molecule has 42 heavy (non-hydrogen) atoms. The molecule has 2 aliphatic heterocycles. The normalized spacial score (nSPS) is 17.0. The lowest BCUT2D eigenvalue weighted by Gasteiger charge is -2.26. The number of aryl methyl sites for hydroxylation is 1. The Morgan fingerprint density at radius 2 is 1.67 bits per heavy atom. The van der Waals surface area contributed by atoms with Crippen LogP contribution in [0.15, 0.2) is 53.4 Å². The molecule has 0 unspecified atom stereocenters. The molecular weight excluding hydrogens is 591 g/mol. The molecule has 1 aromatic heterocycles. The maximum absolute atomic E-state index is 14.0. The van der Waals surface area contributed by atoms with Gasteiger partial charge in [-0.15, -0.1) is 0 Å². The number of hydrogen-bond donors (Lipinski definition) is 1. The molecule has 14 heteroatoms. The van der Waals surface area contributed by atoms with E-state index in [1.54, 1.807) is 6.07 Å². The van der Waals surface area contributed by atoms with Crippen molar-refractivity contribution in [2.24, 2.45) is 0 Å². The van der Waals surface area contributed by atoms with Crippen LogP contribution in [0.25, 0.3) is 11.3 Å². The molecule has 0 saturated carbocycles. The first-order chi connectivity index (χ1) is 19.8. The predicted octanol–water partition coefficient (Wildman–Crippen LogP) is 3.85. The number of rotatable bonds is 10. The molecule has 0 aliphatic carbocycles. The number of aromatic nitrogens is 2. The van der Waals surface area contributed by atoms with Gasteiger partial charge in [-0.05, 0) is 68.7 Å². The Morgan fingerprint density at radius 1 is 0.952 bits per heavy atom. The van der Waals surface area contributed by atoms with E-state index in [-0.39, 0.29) is 17.0 Å². The van der Waals surface area contributed by atoms with Gasteiger partial charge in [-0.3, -0.25) is 4.68 Å². The molecule has 0 atom stereocenters. The van der Waals surface area contributed by atoms with Crippen LogP contribution in [0.3, 0.4) is 0 Å². The smallest absolute Gasteiger partial charge is 0.303 e. The van der Waals surface area contributed by atoms with E-state index in [9.17, 15) is 30.0 Å². The molecule has 0 spiro atoms. The lowest BCUT2D eigenvalue weighted by Crippen LogP contribution is -2.35. The minimum Gasteiger partial charge on any atom is -0.303 e. The third-order valence-corrected chi connectivity index (χ3v) is 10.5. The largest absolute Gasteiger partial charge is 0.416 e. The van der Waals surface area contributed by atoms with Gasteiger partial charge in [-0.25, -0.2) is 21.6 Å². The fraction of sp³-hybridized carbons (Fsp3) is 0.464. The lowest BCUT2D eigenvalue weighted by atomic mass is 9.97. The Labute approximate surface area is 244 Å². The minimum absolute atomic E-state index is 0.0580. The van der Waals surface area contributed by atoms with Gasteiger partial charge >= 0.3 is 6.18 Å². The fourth-order valence-electron chi connectivity index (χ4n) is 5.64. The average molecular weight is 626 g/mol. The number of benzene rings is 2. The summed E-state index contributed by atoms with van der Waals surface area (Å²) in [5.74, 6) is 0. The van der Waals surface area contributed by atoms with Crippen LogP contribution in [0, 0.1) is 0 Å². The molecule has 1 fully saturated rings.